The molecule has 0 radical (unpaired) electrons. The topological polar surface area (TPSA) is 53.2 Å². The van der Waals surface area contributed by atoms with Crippen molar-refractivity contribution in [3.63, 3.8) is 0 Å². The molecule has 0 bridgehead atoms. The first-order valence-corrected chi connectivity index (χ1v) is 4.09. The van der Waals surface area contributed by atoms with Crippen molar-refractivity contribution >= 4 is 23.0 Å². The van der Waals surface area contributed by atoms with Crippen LogP contribution in [0.4, 0.5) is 0 Å². The van der Waals surface area contributed by atoms with Crippen molar-refractivity contribution in [3.8, 4) is 17.6 Å². The lowest BCUT2D eigenvalue weighted by Gasteiger charge is -2.03. The third-order valence-corrected chi connectivity index (χ3v) is 1.90. The van der Waals surface area contributed by atoms with Gasteiger partial charge in [-0.15, -0.1) is 0 Å². The van der Waals surface area contributed by atoms with E-state index in [1.165, 1.54) is 6.07 Å². The fraction of sp³-hybridized carbons (Fsp3) is 0.125. The van der Waals surface area contributed by atoms with E-state index in [-0.39, 0.29) is 11.3 Å². The van der Waals surface area contributed by atoms with Crippen LogP contribution in [0.25, 0.3) is 0 Å². The van der Waals surface area contributed by atoms with E-state index in [9.17, 15) is 5.11 Å². The average molecular weight is 275 g/mol. The minimum atomic E-state index is -0.0378. The summed E-state index contributed by atoms with van der Waals surface area (Å²) in [6.45, 7) is 1.82. The van der Waals surface area contributed by atoms with Gasteiger partial charge in [0.1, 0.15) is 17.4 Å². The van der Waals surface area contributed by atoms with Crippen molar-refractivity contribution in [1.29, 1.82) is 5.26 Å². The smallest absolute Gasteiger partial charge is 0.192 e. The van der Waals surface area contributed by atoms with Crippen molar-refractivity contribution in [2.45, 2.75) is 6.92 Å². The first kappa shape index (κ1) is 9.13. The number of aromatic hydroxyl groups is 1. The molecule has 0 atom stereocenters. The van der Waals surface area contributed by atoms with Gasteiger partial charge in [0.25, 0.3) is 0 Å². The molecule has 1 aromatic rings. The van der Waals surface area contributed by atoms with Crippen LogP contribution in [-0.2, 0) is 0 Å². The van der Waals surface area contributed by atoms with E-state index in [2.05, 4.69) is 0 Å². The summed E-state index contributed by atoms with van der Waals surface area (Å²) in [7, 11) is 0. The van der Waals surface area contributed by atoms with Crippen LogP contribution in [0.2, 0.25) is 0 Å². The number of hydrogen-bond donors (Lipinski definition) is 1. The van der Waals surface area contributed by atoms with E-state index in [1.807, 2.05) is 13.0 Å². The number of aryl methyl sites for hydroxylation is 1. The second-order valence-corrected chi connectivity index (χ2v) is 2.79. The third kappa shape index (κ3) is 1.61. The summed E-state index contributed by atoms with van der Waals surface area (Å²) in [6.07, 6.45) is 0. The second kappa shape index (κ2) is 3.63. The number of phenolic OH excluding ortho intramolecular Hbond substituents is 1. The van der Waals surface area contributed by atoms with Gasteiger partial charge < -0.3 is 8.17 Å². The summed E-state index contributed by atoms with van der Waals surface area (Å²) in [5, 5.41) is 17.9. The SMILES string of the molecule is Cc1cc(O)c(C#N)c(OI)c1. The van der Waals surface area contributed by atoms with Gasteiger partial charge >= 0.3 is 0 Å². The molecule has 0 amide bonds. The zero-order valence-corrected chi connectivity index (χ0v) is 8.49. The molecule has 1 aromatic carbocycles. The van der Waals surface area contributed by atoms with Gasteiger partial charge in [-0.05, 0) is 24.6 Å². The normalized spacial score (nSPS) is 9.08. The van der Waals surface area contributed by atoms with Crippen LogP contribution in [0.3, 0.4) is 0 Å². The van der Waals surface area contributed by atoms with Gasteiger partial charge in [0.05, 0.1) is 0 Å². The summed E-state index contributed by atoms with van der Waals surface area (Å²) in [6, 6.07) is 5.09. The number of halogens is 1. The maximum atomic E-state index is 9.30. The van der Waals surface area contributed by atoms with Crippen molar-refractivity contribution in [2.75, 3.05) is 0 Å². The quantitative estimate of drug-likeness (QED) is 0.800. The van der Waals surface area contributed by atoms with Crippen molar-refractivity contribution < 1.29 is 8.17 Å². The lowest BCUT2D eigenvalue weighted by Crippen LogP contribution is -1.84. The summed E-state index contributed by atoms with van der Waals surface area (Å²) >= 11 is 1.67. The Balaban J connectivity index is 3.36. The highest BCUT2D eigenvalue weighted by molar-refractivity contribution is 14.1. The lowest BCUT2D eigenvalue weighted by atomic mass is 10.1. The van der Waals surface area contributed by atoms with E-state index in [1.54, 1.807) is 29.1 Å². The number of benzene rings is 1. The Kier molecular flexibility index (Phi) is 2.76. The minimum Gasteiger partial charge on any atom is -0.506 e. The highest BCUT2D eigenvalue weighted by atomic mass is 127. The predicted octanol–water partition coefficient (Wildman–Crippen LogP) is 2.30. The number of nitriles is 1. The molecular formula is C8H6INO2. The lowest BCUT2D eigenvalue weighted by molar-refractivity contribution is 0.470. The molecule has 12 heavy (non-hydrogen) atoms. The Bertz CT molecular complexity index is 344. The molecule has 0 saturated carbocycles. The minimum absolute atomic E-state index is 0.0378. The molecule has 0 fully saturated rings. The molecule has 0 aliphatic rings. The van der Waals surface area contributed by atoms with Crippen LogP contribution in [0.15, 0.2) is 12.1 Å². The van der Waals surface area contributed by atoms with Crippen LogP contribution < -0.4 is 3.07 Å². The fourth-order valence-electron chi connectivity index (χ4n) is 0.908. The predicted molar refractivity (Wildman–Crippen MR) is 52.2 cm³/mol. The van der Waals surface area contributed by atoms with Crippen LogP contribution >= 0.6 is 23.0 Å². The number of hydrogen-bond acceptors (Lipinski definition) is 3. The number of rotatable bonds is 1. The van der Waals surface area contributed by atoms with Gasteiger partial charge in [-0.25, -0.2) is 0 Å². The molecule has 1 rings (SSSR count). The van der Waals surface area contributed by atoms with Gasteiger partial charge in [-0.3, -0.25) is 0 Å². The zero-order valence-electron chi connectivity index (χ0n) is 6.34. The molecule has 62 valence electrons. The monoisotopic (exact) mass is 275 g/mol. The first-order chi connectivity index (χ1) is 5.69. The molecule has 0 unspecified atom stereocenters. The Morgan fingerprint density at radius 3 is 2.75 bits per heavy atom. The maximum Gasteiger partial charge on any atom is 0.192 e. The third-order valence-electron chi connectivity index (χ3n) is 1.42. The molecule has 0 aliphatic heterocycles. The molecule has 4 heteroatoms. The first-order valence-electron chi connectivity index (χ1n) is 3.21. The van der Waals surface area contributed by atoms with Gasteiger partial charge in [-0.2, -0.15) is 5.26 Å². The van der Waals surface area contributed by atoms with E-state index in [0.29, 0.717) is 5.75 Å². The van der Waals surface area contributed by atoms with Crippen LogP contribution in [0.5, 0.6) is 11.5 Å². The molecule has 0 aromatic heterocycles. The zero-order chi connectivity index (χ0) is 9.14. The van der Waals surface area contributed by atoms with Gasteiger partial charge in [0.15, 0.2) is 28.8 Å². The Hall–Kier alpha value is -0.960. The molecule has 0 heterocycles. The van der Waals surface area contributed by atoms with Crippen LogP contribution in [0.1, 0.15) is 11.1 Å². The average Bonchev–Trinajstić information content (AvgIpc) is 2.03. The van der Waals surface area contributed by atoms with E-state index in [4.69, 9.17) is 8.33 Å². The molecule has 1 N–H and O–H groups in total. The van der Waals surface area contributed by atoms with Crippen molar-refractivity contribution in [2.24, 2.45) is 0 Å². The van der Waals surface area contributed by atoms with E-state index < -0.39 is 0 Å². The number of nitrogens with zero attached hydrogens (tertiary/aromatic N) is 1. The van der Waals surface area contributed by atoms with Gasteiger partial charge in [0, 0.05) is 0 Å². The molecule has 0 saturated heterocycles. The maximum absolute atomic E-state index is 9.30. The Morgan fingerprint density at radius 2 is 2.25 bits per heavy atom. The highest BCUT2D eigenvalue weighted by Gasteiger charge is 2.08. The second-order valence-electron chi connectivity index (χ2n) is 2.35. The van der Waals surface area contributed by atoms with E-state index in [0.717, 1.165) is 5.56 Å². The molecule has 0 spiro atoms. The van der Waals surface area contributed by atoms with E-state index >= 15 is 0 Å². The van der Waals surface area contributed by atoms with Crippen molar-refractivity contribution in [3.05, 3.63) is 23.3 Å². The van der Waals surface area contributed by atoms with Crippen LogP contribution in [-0.4, -0.2) is 5.11 Å². The number of phenols is 1. The fourth-order valence-corrected chi connectivity index (χ4v) is 1.26. The molecular weight excluding hydrogens is 269 g/mol. The standard InChI is InChI=1S/C8H6INO2/c1-5-2-7(11)6(4-10)8(3-5)12-9/h2-3,11H,1H3. The summed E-state index contributed by atoms with van der Waals surface area (Å²) in [5.74, 6) is 0.361. The van der Waals surface area contributed by atoms with Crippen LogP contribution in [0, 0.1) is 18.3 Å². The van der Waals surface area contributed by atoms with Gasteiger partial charge in [-0.1, -0.05) is 0 Å². The molecule has 3 nitrogen and oxygen atoms in total. The Morgan fingerprint density at radius 1 is 1.58 bits per heavy atom. The highest BCUT2D eigenvalue weighted by Crippen LogP contribution is 2.29. The van der Waals surface area contributed by atoms with Crippen molar-refractivity contribution in [1.82, 2.24) is 0 Å². The van der Waals surface area contributed by atoms with Gasteiger partial charge in [0.2, 0.25) is 0 Å². The Labute approximate surface area is 84.3 Å². The summed E-state index contributed by atoms with van der Waals surface area (Å²) < 4.78 is 4.89. The summed E-state index contributed by atoms with van der Waals surface area (Å²) in [4.78, 5) is 0. The molecule has 0 aliphatic carbocycles. The largest absolute Gasteiger partial charge is 0.506 e. The summed E-state index contributed by atoms with van der Waals surface area (Å²) in [5.41, 5.74) is 1.04.